The second-order valence-corrected chi connectivity index (χ2v) is 2.29. The van der Waals surface area contributed by atoms with Gasteiger partial charge in [0.1, 0.15) is 5.75 Å². The minimum Gasteiger partial charge on any atom is -0.508 e. The quantitative estimate of drug-likeness (QED) is 0.482. The van der Waals surface area contributed by atoms with Crippen molar-refractivity contribution >= 4 is 17.3 Å². The van der Waals surface area contributed by atoms with Gasteiger partial charge in [0.25, 0.3) is 0 Å². The van der Waals surface area contributed by atoms with Crippen molar-refractivity contribution in [1.29, 1.82) is 0 Å². The molecular weight excluding hydrogens is 150 g/mol. The molecule has 0 atom stereocenters. The van der Waals surface area contributed by atoms with Gasteiger partial charge >= 0.3 is 0 Å². The van der Waals surface area contributed by atoms with Crippen LogP contribution in [0.3, 0.4) is 0 Å². The van der Waals surface area contributed by atoms with E-state index in [0.717, 1.165) is 0 Å². The summed E-state index contributed by atoms with van der Waals surface area (Å²) in [4.78, 5) is 0. The van der Waals surface area contributed by atoms with Crippen LogP contribution in [-0.4, -0.2) is 5.11 Å². The maximum absolute atomic E-state index is 9.13. The third-order valence-electron chi connectivity index (χ3n) is 1.25. The van der Waals surface area contributed by atoms with Crippen LogP contribution in [0, 0.1) is 0 Å². The van der Waals surface area contributed by atoms with E-state index in [1.165, 1.54) is 6.07 Å². The van der Waals surface area contributed by atoms with E-state index in [4.69, 9.17) is 22.4 Å². The number of nitrogen functional groups attached to an aromatic ring is 1. The van der Waals surface area contributed by atoms with Crippen LogP contribution in [0.25, 0.3) is 0 Å². The number of aromatic hydroxyl groups is 1. The fourth-order valence-corrected chi connectivity index (χ4v) is 0.920. The highest BCUT2D eigenvalue weighted by atomic mass is 35.5. The summed E-state index contributed by atoms with van der Waals surface area (Å²) in [6.07, 6.45) is 0. The minimum absolute atomic E-state index is 0.162. The first-order chi connectivity index (χ1) is 4.74. The van der Waals surface area contributed by atoms with Crippen molar-refractivity contribution in [3.8, 4) is 5.75 Å². The molecule has 0 fully saturated rings. The van der Waals surface area contributed by atoms with Crippen LogP contribution in [0.5, 0.6) is 5.75 Å². The van der Waals surface area contributed by atoms with E-state index < -0.39 is 0 Å². The molecule has 0 saturated heterocycles. The number of alkyl halides is 1. The smallest absolute Gasteiger partial charge is 0.122 e. The standard InChI is InChI=1S/C7H8ClNO/c8-4-5-1-2-6(9)3-7(5)10/h1-3,10H,4,9H2. The lowest BCUT2D eigenvalue weighted by Gasteiger charge is -1.99. The molecule has 0 spiro atoms. The summed E-state index contributed by atoms with van der Waals surface area (Å²) in [7, 11) is 0. The Hall–Kier alpha value is -0.890. The van der Waals surface area contributed by atoms with Gasteiger partial charge in [-0.3, -0.25) is 0 Å². The largest absolute Gasteiger partial charge is 0.508 e. The first-order valence-electron chi connectivity index (χ1n) is 2.87. The van der Waals surface area contributed by atoms with Gasteiger partial charge in [0.2, 0.25) is 0 Å². The number of hydrogen-bond acceptors (Lipinski definition) is 2. The summed E-state index contributed by atoms with van der Waals surface area (Å²) in [5.41, 5.74) is 6.63. The summed E-state index contributed by atoms with van der Waals surface area (Å²) in [5.74, 6) is 0.474. The predicted octanol–water partition coefficient (Wildman–Crippen LogP) is 1.71. The highest BCUT2D eigenvalue weighted by Gasteiger charge is 1.97. The normalized spacial score (nSPS) is 9.70. The van der Waals surface area contributed by atoms with E-state index in [-0.39, 0.29) is 5.75 Å². The zero-order chi connectivity index (χ0) is 7.56. The molecule has 54 valence electrons. The number of phenols is 1. The molecule has 1 aromatic carbocycles. The van der Waals surface area contributed by atoms with Gasteiger partial charge in [0.05, 0.1) is 5.88 Å². The molecule has 0 amide bonds. The van der Waals surface area contributed by atoms with Gasteiger partial charge in [-0.2, -0.15) is 0 Å². The molecule has 3 heteroatoms. The third kappa shape index (κ3) is 1.33. The van der Waals surface area contributed by atoms with Gasteiger partial charge < -0.3 is 10.8 Å². The summed E-state index contributed by atoms with van der Waals surface area (Å²) in [5, 5.41) is 9.13. The molecular formula is C7H8ClNO. The summed E-state index contributed by atoms with van der Waals surface area (Å²) >= 11 is 5.48. The lowest BCUT2D eigenvalue weighted by molar-refractivity contribution is 0.471. The van der Waals surface area contributed by atoms with E-state index in [0.29, 0.717) is 17.1 Å². The van der Waals surface area contributed by atoms with E-state index in [1.807, 2.05) is 0 Å². The van der Waals surface area contributed by atoms with Crippen LogP contribution in [0.4, 0.5) is 5.69 Å². The first kappa shape index (κ1) is 7.22. The first-order valence-corrected chi connectivity index (χ1v) is 3.41. The molecule has 0 saturated carbocycles. The van der Waals surface area contributed by atoms with Gasteiger partial charge in [0, 0.05) is 17.3 Å². The Bertz CT molecular complexity index is 237. The third-order valence-corrected chi connectivity index (χ3v) is 1.54. The fourth-order valence-electron chi connectivity index (χ4n) is 0.694. The molecule has 3 N–H and O–H groups in total. The molecule has 0 radical (unpaired) electrons. The Morgan fingerprint density at radius 1 is 1.50 bits per heavy atom. The van der Waals surface area contributed by atoms with Crippen LogP contribution >= 0.6 is 11.6 Å². The van der Waals surface area contributed by atoms with E-state index in [1.54, 1.807) is 12.1 Å². The van der Waals surface area contributed by atoms with Crippen LogP contribution in [0.1, 0.15) is 5.56 Å². The van der Waals surface area contributed by atoms with Crippen molar-refractivity contribution in [2.24, 2.45) is 0 Å². The molecule has 0 aliphatic heterocycles. The fraction of sp³-hybridized carbons (Fsp3) is 0.143. The SMILES string of the molecule is Nc1ccc(CCl)c(O)c1. The number of rotatable bonds is 1. The van der Waals surface area contributed by atoms with E-state index in [9.17, 15) is 0 Å². The highest BCUT2D eigenvalue weighted by Crippen LogP contribution is 2.21. The molecule has 1 rings (SSSR count). The molecule has 0 unspecified atom stereocenters. The van der Waals surface area contributed by atoms with Crippen molar-refractivity contribution < 1.29 is 5.11 Å². The summed E-state index contributed by atoms with van der Waals surface area (Å²) in [6.45, 7) is 0. The molecule has 0 aliphatic carbocycles. The molecule has 0 bridgehead atoms. The van der Waals surface area contributed by atoms with Crippen molar-refractivity contribution in [2.45, 2.75) is 5.88 Å². The Kier molecular flexibility index (Phi) is 2.02. The Balaban J connectivity index is 3.07. The van der Waals surface area contributed by atoms with Crippen LogP contribution in [-0.2, 0) is 5.88 Å². The average molecular weight is 158 g/mol. The lowest BCUT2D eigenvalue weighted by Crippen LogP contribution is -1.85. The number of halogens is 1. The molecule has 0 heterocycles. The maximum Gasteiger partial charge on any atom is 0.122 e. The second-order valence-electron chi connectivity index (χ2n) is 2.02. The van der Waals surface area contributed by atoms with Gasteiger partial charge in [-0.05, 0) is 6.07 Å². The number of benzene rings is 1. The van der Waals surface area contributed by atoms with Crippen molar-refractivity contribution in [3.05, 3.63) is 23.8 Å². The number of phenolic OH excluding ortho intramolecular Hbond substituents is 1. The van der Waals surface area contributed by atoms with Gasteiger partial charge in [-0.1, -0.05) is 6.07 Å². The van der Waals surface area contributed by atoms with Crippen LogP contribution < -0.4 is 5.73 Å². The maximum atomic E-state index is 9.13. The predicted molar refractivity (Wildman–Crippen MR) is 42.1 cm³/mol. The molecule has 0 aliphatic rings. The molecule has 2 nitrogen and oxygen atoms in total. The van der Waals surface area contributed by atoms with Crippen molar-refractivity contribution in [1.82, 2.24) is 0 Å². The zero-order valence-electron chi connectivity index (χ0n) is 5.34. The topological polar surface area (TPSA) is 46.2 Å². The molecule has 1 aromatic rings. The van der Waals surface area contributed by atoms with Crippen molar-refractivity contribution in [2.75, 3.05) is 5.73 Å². The van der Waals surface area contributed by atoms with Gasteiger partial charge in [0.15, 0.2) is 0 Å². The highest BCUT2D eigenvalue weighted by molar-refractivity contribution is 6.17. The van der Waals surface area contributed by atoms with Gasteiger partial charge in [-0.15, -0.1) is 11.6 Å². The zero-order valence-corrected chi connectivity index (χ0v) is 6.10. The average Bonchev–Trinajstić information content (AvgIpc) is 1.88. The Labute approximate surface area is 64.2 Å². The summed E-state index contributed by atoms with van der Waals surface area (Å²) < 4.78 is 0. The van der Waals surface area contributed by atoms with Crippen LogP contribution in [0.15, 0.2) is 18.2 Å². The van der Waals surface area contributed by atoms with E-state index in [2.05, 4.69) is 0 Å². The summed E-state index contributed by atoms with van der Waals surface area (Å²) in [6, 6.07) is 4.90. The molecule has 10 heavy (non-hydrogen) atoms. The number of hydrogen-bond donors (Lipinski definition) is 2. The second kappa shape index (κ2) is 2.80. The van der Waals surface area contributed by atoms with Gasteiger partial charge in [-0.25, -0.2) is 0 Å². The van der Waals surface area contributed by atoms with Crippen LogP contribution in [0.2, 0.25) is 0 Å². The Morgan fingerprint density at radius 3 is 2.70 bits per heavy atom. The molecule has 0 aromatic heterocycles. The van der Waals surface area contributed by atoms with E-state index >= 15 is 0 Å². The van der Waals surface area contributed by atoms with Crippen molar-refractivity contribution in [3.63, 3.8) is 0 Å². The Morgan fingerprint density at radius 2 is 2.20 bits per heavy atom. The number of nitrogens with two attached hydrogens (primary N) is 1. The minimum atomic E-state index is 0.162. The monoisotopic (exact) mass is 157 g/mol. The lowest BCUT2D eigenvalue weighted by atomic mass is 10.2. The number of anilines is 1.